The molecule has 1 unspecified atom stereocenters. The second kappa shape index (κ2) is 4.32. The molecule has 0 aliphatic carbocycles. The number of nitrogens with two attached hydrogens (primary N) is 1. The van der Waals surface area contributed by atoms with E-state index in [2.05, 4.69) is 46.0 Å². The van der Waals surface area contributed by atoms with Crippen LogP contribution >= 0.6 is 0 Å². The summed E-state index contributed by atoms with van der Waals surface area (Å²) in [7, 11) is 0. The lowest BCUT2D eigenvalue weighted by Crippen LogP contribution is -2.29. The molecule has 0 aromatic heterocycles. The molecule has 1 atom stereocenters. The molecule has 0 bridgehead atoms. The summed E-state index contributed by atoms with van der Waals surface area (Å²) in [5, 5.41) is 3.02. The van der Waals surface area contributed by atoms with Crippen molar-refractivity contribution in [2.75, 3.05) is 5.32 Å². The van der Waals surface area contributed by atoms with Crippen LogP contribution in [0.4, 0.5) is 5.69 Å². The maximum absolute atomic E-state index is 12.2. The van der Waals surface area contributed by atoms with Gasteiger partial charge in [-0.25, -0.2) is 0 Å². The molecule has 2 rings (SSSR count). The molecule has 1 aliphatic heterocycles. The van der Waals surface area contributed by atoms with E-state index in [0.29, 0.717) is 0 Å². The predicted molar refractivity (Wildman–Crippen MR) is 84.0 cm³/mol. The van der Waals surface area contributed by atoms with Crippen molar-refractivity contribution in [3.05, 3.63) is 28.3 Å². The van der Waals surface area contributed by atoms with Crippen molar-refractivity contribution >= 4 is 11.6 Å². The number of carbonyl (C=O) groups is 1. The summed E-state index contributed by atoms with van der Waals surface area (Å²) in [5.74, 6) is 0.0662. The molecule has 1 aliphatic rings. The summed E-state index contributed by atoms with van der Waals surface area (Å²) in [6.45, 7) is 14.5. The lowest BCUT2D eigenvalue weighted by molar-refractivity contribution is -0.119. The fraction of sp³-hybridized carbons (Fsp3) is 0.588. The lowest BCUT2D eigenvalue weighted by Gasteiger charge is -2.30. The van der Waals surface area contributed by atoms with Gasteiger partial charge in [-0.1, -0.05) is 26.8 Å². The van der Waals surface area contributed by atoms with Crippen molar-refractivity contribution < 1.29 is 4.79 Å². The minimum absolute atomic E-state index is 0.00831. The van der Waals surface area contributed by atoms with Crippen LogP contribution in [-0.4, -0.2) is 5.91 Å². The number of nitrogens with one attached hydrogen (secondary N) is 1. The molecular formula is C17H26N2O. The Morgan fingerprint density at radius 1 is 1.20 bits per heavy atom. The van der Waals surface area contributed by atoms with Gasteiger partial charge in [-0.2, -0.15) is 0 Å². The van der Waals surface area contributed by atoms with Crippen molar-refractivity contribution in [2.45, 2.75) is 59.9 Å². The third-order valence-corrected chi connectivity index (χ3v) is 4.69. The van der Waals surface area contributed by atoms with Crippen LogP contribution in [0.15, 0.2) is 6.07 Å². The highest BCUT2D eigenvalue weighted by Crippen LogP contribution is 2.44. The van der Waals surface area contributed by atoms with E-state index in [1.165, 1.54) is 5.56 Å². The first-order valence-corrected chi connectivity index (χ1v) is 7.19. The molecule has 20 heavy (non-hydrogen) atoms. The van der Waals surface area contributed by atoms with Gasteiger partial charge in [-0.05, 0) is 55.4 Å². The molecule has 3 heteroatoms. The van der Waals surface area contributed by atoms with Gasteiger partial charge in [0.05, 0.1) is 5.41 Å². The number of hydrogen-bond acceptors (Lipinski definition) is 2. The minimum atomic E-state index is -0.486. The molecule has 0 saturated carbocycles. The van der Waals surface area contributed by atoms with E-state index in [-0.39, 0.29) is 17.4 Å². The molecule has 3 N–H and O–H groups in total. The summed E-state index contributed by atoms with van der Waals surface area (Å²) in [6, 6.07) is 2.09. The van der Waals surface area contributed by atoms with Crippen LogP contribution in [-0.2, 0) is 10.2 Å². The monoisotopic (exact) mass is 274 g/mol. The van der Waals surface area contributed by atoms with Gasteiger partial charge in [-0.3, -0.25) is 4.79 Å². The van der Waals surface area contributed by atoms with Crippen LogP contribution in [0.5, 0.6) is 0 Å². The largest absolute Gasteiger partial charge is 0.325 e. The van der Waals surface area contributed by atoms with Gasteiger partial charge in [0.2, 0.25) is 5.91 Å². The Kier molecular flexibility index (Phi) is 3.25. The van der Waals surface area contributed by atoms with Gasteiger partial charge >= 0.3 is 0 Å². The molecule has 0 radical (unpaired) electrons. The summed E-state index contributed by atoms with van der Waals surface area (Å²) < 4.78 is 0. The van der Waals surface area contributed by atoms with E-state index in [1.807, 2.05) is 13.8 Å². The topological polar surface area (TPSA) is 55.1 Å². The zero-order valence-electron chi connectivity index (χ0n) is 13.6. The normalized spacial score (nSPS) is 18.7. The Bertz CT molecular complexity index is 580. The van der Waals surface area contributed by atoms with Crippen LogP contribution in [0, 0.1) is 19.3 Å². The van der Waals surface area contributed by atoms with Crippen molar-refractivity contribution in [3.63, 3.8) is 0 Å². The van der Waals surface area contributed by atoms with Crippen LogP contribution in [0.3, 0.4) is 0 Å². The number of benzene rings is 1. The summed E-state index contributed by atoms with van der Waals surface area (Å²) in [5.41, 5.74) is 11.5. The van der Waals surface area contributed by atoms with Crippen molar-refractivity contribution in [1.29, 1.82) is 0 Å². The van der Waals surface area contributed by atoms with Gasteiger partial charge in [-0.15, -0.1) is 0 Å². The standard InChI is InChI=1S/C17H26N2O/c1-9-10(2)13-12(17(6,7)15(20)19-13)8-11(9)14(18)16(3,4)5/h8,14H,18H2,1-7H3,(H,19,20). The maximum Gasteiger partial charge on any atom is 0.234 e. The van der Waals surface area contributed by atoms with E-state index in [4.69, 9.17) is 5.73 Å². The SMILES string of the molecule is Cc1c(C(N)C(C)(C)C)cc2c(c1C)NC(=O)C2(C)C. The van der Waals surface area contributed by atoms with E-state index >= 15 is 0 Å². The molecule has 1 aromatic rings. The molecule has 0 saturated heterocycles. The maximum atomic E-state index is 12.2. The first-order chi connectivity index (χ1) is 8.98. The smallest absolute Gasteiger partial charge is 0.234 e. The van der Waals surface area contributed by atoms with Gasteiger partial charge in [0, 0.05) is 11.7 Å². The Morgan fingerprint density at radius 3 is 2.25 bits per heavy atom. The molecular weight excluding hydrogens is 248 g/mol. The molecule has 1 heterocycles. The zero-order chi connectivity index (χ0) is 15.5. The molecule has 3 nitrogen and oxygen atoms in total. The number of carbonyl (C=O) groups excluding carboxylic acids is 1. The second-order valence-corrected chi connectivity index (χ2v) is 7.56. The molecule has 110 valence electrons. The van der Waals surface area contributed by atoms with E-state index in [9.17, 15) is 4.79 Å². The van der Waals surface area contributed by atoms with Gasteiger partial charge in [0.25, 0.3) is 0 Å². The fourth-order valence-electron chi connectivity index (χ4n) is 2.78. The van der Waals surface area contributed by atoms with Crippen LogP contribution in [0.1, 0.15) is 62.9 Å². The Hall–Kier alpha value is -1.35. The van der Waals surface area contributed by atoms with Gasteiger partial charge in [0.15, 0.2) is 0 Å². The van der Waals surface area contributed by atoms with Crippen LogP contribution < -0.4 is 11.1 Å². The van der Waals surface area contributed by atoms with E-state index in [0.717, 1.165) is 22.4 Å². The third kappa shape index (κ3) is 2.05. The predicted octanol–water partition coefficient (Wildman–Crippen LogP) is 3.58. The van der Waals surface area contributed by atoms with Crippen molar-refractivity contribution in [3.8, 4) is 0 Å². The zero-order valence-corrected chi connectivity index (χ0v) is 13.6. The quantitative estimate of drug-likeness (QED) is 0.822. The van der Waals surface area contributed by atoms with Crippen molar-refractivity contribution in [2.24, 2.45) is 11.1 Å². The molecule has 0 spiro atoms. The second-order valence-electron chi connectivity index (χ2n) is 7.56. The van der Waals surface area contributed by atoms with Crippen LogP contribution in [0.25, 0.3) is 0 Å². The van der Waals surface area contributed by atoms with Gasteiger partial charge < -0.3 is 11.1 Å². The average molecular weight is 274 g/mol. The number of fused-ring (bicyclic) bond motifs is 1. The highest BCUT2D eigenvalue weighted by atomic mass is 16.2. The lowest BCUT2D eigenvalue weighted by atomic mass is 9.77. The number of rotatable bonds is 1. The Labute approximate surface area is 121 Å². The third-order valence-electron chi connectivity index (χ3n) is 4.69. The number of anilines is 1. The van der Waals surface area contributed by atoms with E-state index < -0.39 is 5.41 Å². The first-order valence-electron chi connectivity index (χ1n) is 7.19. The summed E-state index contributed by atoms with van der Waals surface area (Å²) in [6.07, 6.45) is 0. The highest BCUT2D eigenvalue weighted by Gasteiger charge is 2.40. The highest BCUT2D eigenvalue weighted by molar-refractivity contribution is 6.06. The molecule has 1 aromatic carbocycles. The molecule has 1 amide bonds. The Morgan fingerprint density at radius 2 is 1.75 bits per heavy atom. The van der Waals surface area contributed by atoms with Gasteiger partial charge in [0.1, 0.15) is 0 Å². The first kappa shape index (κ1) is 15.0. The minimum Gasteiger partial charge on any atom is -0.325 e. The van der Waals surface area contributed by atoms with Crippen LogP contribution in [0.2, 0.25) is 0 Å². The average Bonchev–Trinajstić information content (AvgIpc) is 2.54. The number of amides is 1. The van der Waals surface area contributed by atoms with Crippen molar-refractivity contribution in [1.82, 2.24) is 0 Å². The van der Waals surface area contributed by atoms with E-state index in [1.54, 1.807) is 0 Å². The molecule has 0 fully saturated rings. The summed E-state index contributed by atoms with van der Waals surface area (Å²) >= 11 is 0. The summed E-state index contributed by atoms with van der Waals surface area (Å²) in [4.78, 5) is 12.2. The fourth-order valence-corrected chi connectivity index (χ4v) is 2.78. The number of hydrogen-bond donors (Lipinski definition) is 2. The Balaban J connectivity index is 2.68.